The van der Waals surface area contributed by atoms with E-state index in [0.29, 0.717) is 51.8 Å². The number of hydrogen-bond donors (Lipinski definition) is 2. The number of anilines is 2. The molecule has 0 unspecified atom stereocenters. The molecule has 202 valence electrons. The van der Waals surface area contributed by atoms with E-state index in [0.717, 1.165) is 12.0 Å². The fourth-order valence-corrected chi connectivity index (χ4v) is 8.20. The predicted octanol–water partition coefficient (Wildman–Crippen LogP) is 5.23. The molecule has 0 aromatic heterocycles. The van der Waals surface area contributed by atoms with Crippen molar-refractivity contribution in [3.05, 3.63) is 101 Å². The minimum atomic E-state index is -1.54. The molecule has 3 aromatic rings. The molecular weight excluding hydrogens is 526 g/mol. The van der Waals surface area contributed by atoms with Gasteiger partial charge in [-0.2, -0.15) is 0 Å². The monoisotopic (exact) mass is 553 g/mol. The lowest BCUT2D eigenvalue weighted by Gasteiger charge is -2.43. The molecule has 4 aliphatic rings. The number of para-hydroxylation sites is 2. The van der Waals surface area contributed by atoms with Crippen molar-refractivity contribution < 1.29 is 19.1 Å². The van der Waals surface area contributed by atoms with E-state index in [1.807, 2.05) is 37.3 Å². The Bertz CT molecular complexity index is 1640. The third-order valence-electron chi connectivity index (χ3n) is 9.16. The van der Waals surface area contributed by atoms with Gasteiger partial charge in [0.1, 0.15) is 23.3 Å². The van der Waals surface area contributed by atoms with Gasteiger partial charge < -0.3 is 15.4 Å². The van der Waals surface area contributed by atoms with Gasteiger partial charge >= 0.3 is 0 Å². The number of halogens is 1. The first-order valence-electron chi connectivity index (χ1n) is 13.5. The second-order valence-electron chi connectivity index (χ2n) is 11.0. The van der Waals surface area contributed by atoms with Gasteiger partial charge in [0, 0.05) is 28.0 Å². The van der Waals surface area contributed by atoms with Crippen LogP contribution in [0.2, 0.25) is 5.02 Å². The lowest BCUT2D eigenvalue weighted by Crippen LogP contribution is -2.62. The molecule has 4 heterocycles. The Labute approximate surface area is 237 Å². The van der Waals surface area contributed by atoms with Gasteiger partial charge in [-0.05, 0) is 67.8 Å². The molecule has 2 fully saturated rings. The third kappa shape index (κ3) is 2.91. The summed E-state index contributed by atoms with van der Waals surface area (Å²) in [6.07, 6.45) is 3.10. The van der Waals surface area contributed by atoms with Crippen LogP contribution in [0.15, 0.2) is 73.3 Å². The first-order valence-corrected chi connectivity index (χ1v) is 13.9. The first-order chi connectivity index (χ1) is 19.4. The Morgan fingerprint density at radius 3 is 2.70 bits per heavy atom. The lowest BCUT2D eigenvalue weighted by atomic mass is 9.57. The molecule has 0 radical (unpaired) electrons. The quantitative estimate of drug-likeness (QED) is 0.334. The molecule has 4 aliphatic heterocycles. The zero-order chi connectivity index (χ0) is 27.8. The maximum Gasteiger partial charge on any atom is 0.251 e. The van der Waals surface area contributed by atoms with Crippen LogP contribution in [0.4, 0.5) is 11.4 Å². The normalized spacial score (nSPS) is 27.9. The maximum absolute atomic E-state index is 14.9. The Balaban J connectivity index is 1.57. The minimum absolute atomic E-state index is 0.222. The number of hydrogen-bond acceptors (Lipinski definition) is 5. The summed E-state index contributed by atoms with van der Waals surface area (Å²) in [7, 11) is 0. The molecule has 4 atom stereocenters. The summed E-state index contributed by atoms with van der Waals surface area (Å²) in [5, 5.41) is 6.65. The van der Waals surface area contributed by atoms with Crippen LogP contribution in [0, 0.1) is 12.8 Å². The minimum Gasteiger partial charge on any atom is -0.489 e. The standard InChI is InChI=1S/C32H28ClN3O4/c1-3-15-40-25-13-7-4-9-20(25)28(37)26-24-12-8-14-36(24)32(22-17-19(33)16-18(2)27(22)35-30(32)39)31(26)21-10-5-6-11-23(21)34-29(31)38/h3-7,9-11,13,16-17,24,26H,1,8,12,14-15H2,2H3,(H,34,38)(H,35,39)/t24-,26+,31-,32-/m1/s1. The van der Waals surface area contributed by atoms with Crippen molar-refractivity contribution in [1.29, 1.82) is 0 Å². The van der Waals surface area contributed by atoms with Gasteiger partial charge in [0.15, 0.2) is 5.78 Å². The molecule has 0 bridgehead atoms. The van der Waals surface area contributed by atoms with Crippen molar-refractivity contribution in [2.24, 2.45) is 5.92 Å². The second kappa shape index (κ2) is 8.78. The average Bonchev–Trinajstić information content (AvgIpc) is 3.66. The fraction of sp³-hybridized carbons (Fsp3) is 0.281. The first kappa shape index (κ1) is 25.1. The topological polar surface area (TPSA) is 87.7 Å². The molecule has 7 rings (SSSR count). The van der Waals surface area contributed by atoms with Crippen LogP contribution in [0.5, 0.6) is 5.75 Å². The van der Waals surface area contributed by atoms with Gasteiger partial charge in [0.25, 0.3) is 5.91 Å². The molecule has 8 heteroatoms. The molecule has 2 amide bonds. The second-order valence-corrected chi connectivity index (χ2v) is 11.4. The van der Waals surface area contributed by atoms with E-state index in [2.05, 4.69) is 22.1 Å². The van der Waals surface area contributed by atoms with Gasteiger partial charge in [0.05, 0.1) is 11.5 Å². The molecule has 40 heavy (non-hydrogen) atoms. The number of ether oxygens (including phenoxy) is 1. The number of amides is 2. The predicted molar refractivity (Wildman–Crippen MR) is 153 cm³/mol. The van der Waals surface area contributed by atoms with Crippen LogP contribution in [0.3, 0.4) is 0 Å². The summed E-state index contributed by atoms with van der Waals surface area (Å²) in [5.41, 5.74) is 0.752. The lowest BCUT2D eigenvalue weighted by molar-refractivity contribution is -0.137. The molecular formula is C32H28ClN3O4. The highest BCUT2D eigenvalue weighted by Crippen LogP contribution is 2.68. The van der Waals surface area contributed by atoms with Crippen LogP contribution in [0.25, 0.3) is 0 Å². The van der Waals surface area contributed by atoms with E-state index in [4.69, 9.17) is 16.3 Å². The summed E-state index contributed by atoms with van der Waals surface area (Å²) >= 11 is 6.63. The van der Waals surface area contributed by atoms with Crippen molar-refractivity contribution in [2.75, 3.05) is 23.8 Å². The highest BCUT2D eigenvalue weighted by Gasteiger charge is 2.81. The number of aryl methyl sites for hydroxylation is 1. The van der Waals surface area contributed by atoms with Crippen molar-refractivity contribution in [2.45, 2.75) is 36.8 Å². The van der Waals surface area contributed by atoms with E-state index < -0.39 is 16.9 Å². The smallest absolute Gasteiger partial charge is 0.251 e. The molecule has 3 aromatic carbocycles. The Hall–Kier alpha value is -3.94. The molecule has 7 nitrogen and oxygen atoms in total. The van der Waals surface area contributed by atoms with Gasteiger partial charge in [-0.1, -0.05) is 54.6 Å². The number of rotatable bonds is 5. The number of nitrogens with zero attached hydrogens (tertiary/aromatic N) is 1. The number of Topliss-reactive ketones (excluding diaryl/α,β-unsaturated/α-hetero) is 1. The van der Waals surface area contributed by atoms with E-state index in [9.17, 15) is 14.4 Å². The van der Waals surface area contributed by atoms with Crippen molar-refractivity contribution in [3.8, 4) is 5.75 Å². The molecule has 2 N–H and O–H groups in total. The highest BCUT2D eigenvalue weighted by atomic mass is 35.5. The molecule has 2 spiro atoms. The summed E-state index contributed by atoms with van der Waals surface area (Å²) < 4.78 is 5.90. The molecule has 0 saturated carbocycles. The van der Waals surface area contributed by atoms with Crippen molar-refractivity contribution in [3.63, 3.8) is 0 Å². The summed E-state index contributed by atoms with van der Waals surface area (Å²) in [6.45, 7) is 6.43. The van der Waals surface area contributed by atoms with Crippen molar-refractivity contribution in [1.82, 2.24) is 4.90 Å². The van der Waals surface area contributed by atoms with Crippen LogP contribution < -0.4 is 15.4 Å². The Morgan fingerprint density at radius 2 is 1.88 bits per heavy atom. The van der Waals surface area contributed by atoms with Crippen molar-refractivity contribution >= 4 is 40.6 Å². The number of benzene rings is 3. The largest absolute Gasteiger partial charge is 0.489 e. The van der Waals surface area contributed by atoms with Gasteiger partial charge in [-0.25, -0.2) is 0 Å². The number of ketones is 1. The van der Waals surface area contributed by atoms with Gasteiger partial charge in [0.2, 0.25) is 5.91 Å². The van der Waals surface area contributed by atoms with Gasteiger partial charge in [-0.3, -0.25) is 19.3 Å². The number of carbonyl (C=O) groups is 3. The molecule has 2 saturated heterocycles. The van der Waals surface area contributed by atoms with Crippen LogP contribution in [-0.4, -0.2) is 41.7 Å². The summed E-state index contributed by atoms with van der Waals surface area (Å²) in [4.78, 5) is 46.2. The number of nitrogens with one attached hydrogen (secondary N) is 2. The zero-order valence-corrected chi connectivity index (χ0v) is 22.8. The maximum atomic E-state index is 14.9. The zero-order valence-electron chi connectivity index (χ0n) is 22.0. The highest BCUT2D eigenvalue weighted by molar-refractivity contribution is 6.31. The van der Waals surface area contributed by atoms with E-state index >= 15 is 0 Å². The van der Waals surface area contributed by atoms with E-state index in [1.165, 1.54) is 0 Å². The average molecular weight is 554 g/mol. The summed E-state index contributed by atoms with van der Waals surface area (Å²) in [6, 6.07) is 17.8. The Kier molecular flexibility index (Phi) is 5.50. The van der Waals surface area contributed by atoms with Crippen LogP contribution in [-0.2, 0) is 20.5 Å². The number of carbonyl (C=O) groups excluding carboxylic acids is 3. The summed E-state index contributed by atoms with van der Waals surface area (Å²) in [5.74, 6) is -1.32. The Morgan fingerprint density at radius 1 is 1.10 bits per heavy atom. The SMILES string of the molecule is C=CCOc1ccccc1C(=O)[C@@H]1[C@H]2CCCN2[C@]2(C(=O)Nc3c(C)cc(Cl)cc32)[C@@]12C(=O)Nc1ccccc12. The van der Waals surface area contributed by atoms with Crippen LogP contribution in [0.1, 0.15) is 39.9 Å². The number of fused-ring (bicyclic) bond motifs is 7. The molecule has 0 aliphatic carbocycles. The van der Waals surface area contributed by atoms with E-state index in [1.54, 1.807) is 36.4 Å². The van der Waals surface area contributed by atoms with E-state index in [-0.39, 0.29) is 30.2 Å². The van der Waals surface area contributed by atoms with Crippen LogP contribution >= 0.6 is 11.6 Å². The van der Waals surface area contributed by atoms with Gasteiger partial charge in [-0.15, -0.1) is 0 Å². The third-order valence-corrected chi connectivity index (χ3v) is 9.38. The fourth-order valence-electron chi connectivity index (χ4n) is 7.92.